The van der Waals surface area contributed by atoms with E-state index in [-0.39, 0.29) is 12.5 Å². The van der Waals surface area contributed by atoms with Crippen molar-refractivity contribution < 1.29 is 28.5 Å². The second kappa shape index (κ2) is 9.56. The van der Waals surface area contributed by atoms with Crippen molar-refractivity contribution in [2.45, 2.75) is 13.5 Å². The molecule has 0 unspecified atom stereocenters. The van der Waals surface area contributed by atoms with Crippen LogP contribution < -0.4 is 29.0 Å². The van der Waals surface area contributed by atoms with E-state index >= 15 is 0 Å². The summed E-state index contributed by atoms with van der Waals surface area (Å²) in [6.07, 6.45) is 0. The first-order valence-electron chi connectivity index (χ1n) is 8.35. The third kappa shape index (κ3) is 5.20. The molecule has 7 heteroatoms. The molecular formula is C20H25NO6. The van der Waals surface area contributed by atoms with Crippen LogP contribution in [0.2, 0.25) is 0 Å². The predicted octanol–water partition coefficient (Wildman–Crippen LogP) is 2.72. The summed E-state index contributed by atoms with van der Waals surface area (Å²) in [6.45, 7) is 2.10. The topological polar surface area (TPSA) is 75.3 Å². The fourth-order valence-electron chi connectivity index (χ4n) is 2.53. The maximum absolute atomic E-state index is 12.2. The van der Waals surface area contributed by atoms with Gasteiger partial charge in [-0.1, -0.05) is 6.07 Å². The lowest BCUT2D eigenvalue weighted by Crippen LogP contribution is -2.28. The average Bonchev–Trinajstić information content (AvgIpc) is 2.70. The third-order valence-electron chi connectivity index (χ3n) is 3.89. The number of ether oxygens (including phenoxy) is 5. The van der Waals surface area contributed by atoms with Crippen LogP contribution >= 0.6 is 0 Å². The summed E-state index contributed by atoms with van der Waals surface area (Å²) in [6, 6.07) is 9.10. The summed E-state index contributed by atoms with van der Waals surface area (Å²) in [5.41, 5.74) is 1.85. The van der Waals surface area contributed by atoms with Crippen LogP contribution in [0, 0.1) is 6.92 Å². The molecule has 0 radical (unpaired) electrons. The molecule has 7 nitrogen and oxygen atoms in total. The highest BCUT2D eigenvalue weighted by molar-refractivity contribution is 5.77. The van der Waals surface area contributed by atoms with Gasteiger partial charge in [0.25, 0.3) is 5.91 Å². The minimum Gasteiger partial charge on any atom is -0.493 e. The summed E-state index contributed by atoms with van der Waals surface area (Å²) in [5.74, 6) is 2.39. The molecule has 0 saturated carbocycles. The van der Waals surface area contributed by atoms with Crippen molar-refractivity contribution in [1.82, 2.24) is 5.32 Å². The minimum absolute atomic E-state index is 0.164. The molecule has 0 heterocycles. The van der Waals surface area contributed by atoms with E-state index in [1.165, 1.54) is 14.2 Å². The Balaban J connectivity index is 1.97. The van der Waals surface area contributed by atoms with Gasteiger partial charge in [0.1, 0.15) is 0 Å². The molecule has 0 aliphatic heterocycles. The molecule has 1 amide bonds. The van der Waals surface area contributed by atoms with Crippen LogP contribution in [0.4, 0.5) is 0 Å². The Labute approximate surface area is 159 Å². The monoisotopic (exact) mass is 375 g/mol. The number of methoxy groups -OCH3 is 4. The molecule has 0 saturated heterocycles. The van der Waals surface area contributed by atoms with Crippen molar-refractivity contribution in [2.75, 3.05) is 35.0 Å². The molecule has 0 aromatic heterocycles. The van der Waals surface area contributed by atoms with Crippen LogP contribution in [0.5, 0.6) is 28.7 Å². The van der Waals surface area contributed by atoms with Gasteiger partial charge in [0.05, 0.1) is 28.4 Å². The van der Waals surface area contributed by atoms with Gasteiger partial charge in [-0.05, 0) is 42.3 Å². The zero-order chi connectivity index (χ0) is 19.8. The maximum atomic E-state index is 12.2. The van der Waals surface area contributed by atoms with Crippen LogP contribution in [0.3, 0.4) is 0 Å². The first kappa shape index (κ1) is 20.2. The van der Waals surface area contributed by atoms with Gasteiger partial charge in [0, 0.05) is 6.54 Å². The van der Waals surface area contributed by atoms with Crippen molar-refractivity contribution >= 4 is 5.91 Å². The van der Waals surface area contributed by atoms with Crippen LogP contribution in [-0.2, 0) is 11.3 Å². The molecule has 0 fully saturated rings. The fraction of sp³-hybridized carbons (Fsp3) is 0.350. The molecule has 0 spiro atoms. The first-order valence-corrected chi connectivity index (χ1v) is 8.35. The fourth-order valence-corrected chi connectivity index (χ4v) is 2.53. The van der Waals surface area contributed by atoms with Crippen molar-refractivity contribution in [2.24, 2.45) is 0 Å². The van der Waals surface area contributed by atoms with Gasteiger partial charge in [0.2, 0.25) is 5.75 Å². The maximum Gasteiger partial charge on any atom is 0.258 e. The molecule has 146 valence electrons. The van der Waals surface area contributed by atoms with Gasteiger partial charge in [-0.3, -0.25) is 4.79 Å². The Morgan fingerprint density at radius 1 is 0.852 bits per heavy atom. The number of carbonyl (C=O) groups excluding carboxylic acids is 1. The van der Waals surface area contributed by atoms with Crippen molar-refractivity contribution in [3.63, 3.8) is 0 Å². The van der Waals surface area contributed by atoms with Gasteiger partial charge in [-0.15, -0.1) is 0 Å². The van der Waals surface area contributed by atoms with Gasteiger partial charge in [-0.2, -0.15) is 0 Å². The van der Waals surface area contributed by atoms with Gasteiger partial charge in [-0.25, -0.2) is 0 Å². The van der Waals surface area contributed by atoms with Gasteiger partial charge >= 0.3 is 0 Å². The summed E-state index contributed by atoms with van der Waals surface area (Å²) >= 11 is 0. The smallest absolute Gasteiger partial charge is 0.258 e. The van der Waals surface area contributed by atoms with E-state index in [2.05, 4.69) is 5.32 Å². The van der Waals surface area contributed by atoms with Crippen LogP contribution in [0.1, 0.15) is 11.1 Å². The molecule has 1 N–H and O–H groups in total. The summed E-state index contributed by atoms with van der Waals surface area (Å²) in [7, 11) is 6.22. The number of aryl methyl sites for hydroxylation is 1. The van der Waals surface area contributed by atoms with Crippen LogP contribution in [-0.4, -0.2) is 41.0 Å². The SMILES string of the molecule is COc1ccc(CNC(=O)COc2c(OC)cc(C)cc2OC)cc1OC. The largest absolute Gasteiger partial charge is 0.493 e. The van der Waals surface area contributed by atoms with Gasteiger partial charge < -0.3 is 29.0 Å². The number of benzene rings is 2. The predicted molar refractivity (Wildman–Crippen MR) is 101 cm³/mol. The number of rotatable bonds is 9. The lowest BCUT2D eigenvalue weighted by molar-refractivity contribution is -0.123. The number of hydrogen-bond acceptors (Lipinski definition) is 6. The van der Waals surface area contributed by atoms with E-state index in [1.54, 1.807) is 20.3 Å². The van der Waals surface area contributed by atoms with E-state index in [4.69, 9.17) is 23.7 Å². The number of nitrogens with one attached hydrogen (secondary N) is 1. The highest BCUT2D eigenvalue weighted by Gasteiger charge is 2.15. The van der Waals surface area contributed by atoms with E-state index < -0.39 is 0 Å². The van der Waals surface area contributed by atoms with E-state index in [0.717, 1.165) is 11.1 Å². The minimum atomic E-state index is -0.269. The molecule has 2 rings (SSSR count). The lowest BCUT2D eigenvalue weighted by atomic mass is 10.2. The Kier molecular flexibility index (Phi) is 7.16. The average molecular weight is 375 g/mol. The highest BCUT2D eigenvalue weighted by atomic mass is 16.5. The molecule has 2 aromatic carbocycles. The molecule has 0 atom stereocenters. The number of carbonyl (C=O) groups is 1. The normalized spacial score (nSPS) is 10.1. The van der Waals surface area contributed by atoms with Crippen LogP contribution in [0.15, 0.2) is 30.3 Å². The van der Waals surface area contributed by atoms with Crippen molar-refractivity contribution in [3.8, 4) is 28.7 Å². The Morgan fingerprint density at radius 2 is 1.44 bits per heavy atom. The van der Waals surface area contributed by atoms with Crippen molar-refractivity contribution in [3.05, 3.63) is 41.5 Å². The van der Waals surface area contributed by atoms with Crippen molar-refractivity contribution in [1.29, 1.82) is 0 Å². The van der Waals surface area contributed by atoms with E-state index in [1.807, 2.05) is 31.2 Å². The summed E-state index contributed by atoms with van der Waals surface area (Å²) in [5, 5.41) is 2.80. The molecule has 0 bridgehead atoms. The molecular weight excluding hydrogens is 350 g/mol. The molecule has 2 aromatic rings. The number of amides is 1. The van der Waals surface area contributed by atoms with Crippen LogP contribution in [0.25, 0.3) is 0 Å². The number of hydrogen-bond donors (Lipinski definition) is 1. The zero-order valence-electron chi connectivity index (χ0n) is 16.3. The Bertz CT molecular complexity index is 765. The molecule has 0 aliphatic rings. The first-order chi connectivity index (χ1) is 13.0. The van der Waals surface area contributed by atoms with E-state index in [0.29, 0.717) is 35.3 Å². The highest BCUT2D eigenvalue weighted by Crippen LogP contribution is 2.38. The summed E-state index contributed by atoms with van der Waals surface area (Å²) in [4.78, 5) is 12.2. The quantitative estimate of drug-likeness (QED) is 0.726. The molecule has 0 aliphatic carbocycles. The molecule has 27 heavy (non-hydrogen) atoms. The second-order valence-electron chi connectivity index (χ2n) is 5.75. The van der Waals surface area contributed by atoms with E-state index in [9.17, 15) is 4.79 Å². The van der Waals surface area contributed by atoms with Gasteiger partial charge in [0.15, 0.2) is 29.6 Å². The zero-order valence-corrected chi connectivity index (χ0v) is 16.3. The third-order valence-corrected chi connectivity index (χ3v) is 3.89. The lowest BCUT2D eigenvalue weighted by Gasteiger charge is -2.15. The second-order valence-corrected chi connectivity index (χ2v) is 5.75. The summed E-state index contributed by atoms with van der Waals surface area (Å²) < 4.78 is 26.7. The standard InChI is InChI=1S/C20H25NO6/c1-13-8-17(25-4)20(18(9-13)26-5)27-12-19(22)21-11-14-6-7-15(23-2)16(10-14)24-3/h6-10H,11-12H2,1-5H3,(H,21,22). The Hall–Kier alpha value is -3.09. The Morgan fingerprint density at radius 3 is 2.00 bits per heavy atom.